The summed E-state index contributed by atoms with van der Waals surface area (Å²) in [5.41, 5.74) is -0.0538. The normalized spacial score (nSPS) is 23.7. The Morgan fingerprint density at radius 2 is 1.86 bits per heavy atom. The fraction of sp³-hybridized carbons (Fsp3) is 0.467. The molecule has 6 heteroatoms. The van der Waals surface area contributed by atoms with Crippen LogP contribution < -0.4 is 0 Å². The molecule has 21 heavy (non-hydrogen) atoms. The maximum absolute atomic E-state index is 13.7. The van der Waals surface area contributed by atoms with Crippen molar-refractivity contribution in [3.8, 4) is 0 Å². The number of rotatable bonds is 5. The quantitative estimate of drug-likeness (QED) is 0.905. The maximum atomic E-state index is 13.7. The first-order chi connectivity index (χ1) is 9.99. The molecule has 1 aromatic rings. The molecular weight excluding hydrogens is 280 g/mol. The molecule has 1 aromatic carbocycles. The van der Waals surface area contributed by atoms with Crippen LogP contribution in [0.2, 0.25) is 0 Å². The Labute approximate surface area is 120 Å². The minimum atomic E-state index is -1.07. The molecular formula is C15H15F2NO3. The number of carboxylic acids is 1. The Morgan fingerprint density at radius 3 is 2.38 bits per heavy atom. The summed E-state index contributed by atoms with van der Waals surface area (Å²) in [6, 6.07) is 3.61. The van der Waals surface area contributed by atoms with Crippen LogP contribution in [-0.2, 0) is 9.59 Å². The van der Waals surface area contributed by atoms with Gasteiger partial charge in [0.25, 0.3) is 0 Å². The predicted octanol–water partition coefficient (Wildman–Crippen LogP) is 2.14. The summed E-state index contributed by atoms with van der Waals surface area (Å²) in [5, 5.41) is 8.87. The number of hydrogen-bond donors (Lipinski definition) is 1. The van der Waals surface area contributed by atoms with Crippen molar-refractivity contribution >= 4 is 11.9 Å². The summed E-state index contributed by atoms with van der Waals surface area (Å²) < 4.78 is 27.4. The minimum absolute atomic E-state index is 0.0275. The second kappa shape index (κ2) is 5.09. The van der Waals surface area contributed by atoms with E-state index in [1.807, 2.05) is 0 Å². The Balaban J connectivity index is 1.74. The number of carbonyl (C=O) groups is 2. The van der Waals surface area contributed by atoms with E-state index in [1.165, 1.54) is 23.1 Å². The Bertz CT molecular complexity index is 580. The average molecular weight is 295 g/mol. The Morgan fingerprint density at radius 1 is 1.24 bits per heavy atom. The van der Waals surface area contributed by atoms with Crippen LogP contribution in [0.5, 0.6) is 0 Å². The number of aliphatic carboxylic acids is 1. The number of hydrogen-bond acceptors (Lipinski definition) is 2. The van der Waals surface area contributed by atoms with E-state index in [1.54, 1.807) is 0 Å². The first-order valence-corrected chi connectivity index (χ1v) is 6.95. The molecule has 0 bridgehead atoms. The number of amides is 1. The van der Waals surface area contributed by atoms with Crippen LogP contribution in [0, 0.1) is 17.6 Å². The smallest absolute Gasteiger partial charge is 0.323 e. The molecule has 0 unspecified atom stereocenters. The third-order valence-corrected chi connectivity index (χ3v) is 4.05. The van der Waals surface area contributed by atoms with Gasteiger partial charge in [0, 0.05) is 23.4 Å². The molecule has 2 fully saturated rings. The molecule has 0 saturated heterocycles. The summed E-state index contributed by atoms with van der Waals surface area (Å²) in [6.07, 6.45) is 1.97. The number of nitrogens with zero attached hydrogens (tertiary/aromatic N) is 1. The molecule has 2 atom stereocenters. The van der Waals surface area contributed by atoms with Crippen LogP contribution in [-0.4, -0.2) is 34.5 Å². The van der Waals surface area contributed by atoms with Gasteiger partial charge in [-0.05, 0) is 31.4 Å². The number of halogens is 2. The van der Waals surface area contributed by atoms with E-state index in [-0.39, 0.29) is 24.1 Å². The Hall–Kier alpha value is -1.98. The second-order valence-electron chi connectivity index (χ2n) is 5.68. The molecule has 2 saturated carbocycles. The average Bonchev–Trinajstić information content (AvgIpc) is 3.28. The highest BCUT2D eigenvalue weighted by Crippen LogP contribution is 2.50. The van der Waals surface area contributed by atoms with E-state index in [2.05, 4.69) is 0 Å². The lowest BCUT2D eigenvalue weighted by molar-refractivity contribution is -0.145. The maximum Gasteiger partial charge on any atom is 0.323 e. The van der Waals surface area contributed by atoms with Crippen LogP contribution in [0.1, 0.15) is 30.7 Å². The van der Waals surface area contributed by atoms with Crippen LogP contribution in [0.25, 0.3) is 0 Å². The van der Waals surface area contributed by atoms with Crippen LogP contribution >= 0.6 is 0 Å². The van der Waals surface area contributed by atoms with Crippen molar-refractivity contribution in [2.75, 3.05) is 6.54 Å². The zero-order chi connectivity index (χ0) is 15.1. The third-order valence-electron chi connectivity index (χ3n) is 4.05. The van der Waals surface area contributed by atoms with Crippen molar-refractivity contribution in [2.24, 2.45) is 5.92 Å². The van der Waals surface area contributed by atoms with Gasteiger partial charge in [-0.25, -0.2) is 8.78 Å². The van der Waals surface area contributed by atoms with Gasteiger partial charge in [-0.3, -0.25) is 9.59 Å². The van der Waals surface area contributed by atoms with E-state index in [4.69, 9.17) is 5.11 Å². The fourth-order valence-electron chi connectivity index (χ4n) is 2.78. The van der Waals surface area contributed by atoms with Gasteiger partial charge in [0.05, 0.1) is 0 Å². The first kappa shape index (κ1) is 14.0. The summed E-state index contributed by atoms with van der Waals surface area (Å²) in [6.45, 7) is -0.341. The highest BCUT2D eigenvalue weighted by Gasteiger charge is 2.50. The van der Waals surface area contributed by atoms with Crippen molar-refractivity contribution in [1.82, 2.24) is 4.90 Å². The van der Waals surface area contributed by atoms with Gasteiger partial charge in [-0.1, -0.05) is 6.07 Å². The van der Waals surface area contributed by atoms with Crippen LogP contribution in [0.4, 0.5) is 8.78 Å². The predicted molar refractivity (Wildman–Crippen MR) is 69.6 cm³/mol. The van der Waals surface area contributed by atoms with Gasteiger partial charge in [0.1, 0.15) is 18.2 Å². The molecule has 0 spiro atoms. The number of carboxylic acid groups (broad SMARTS) is 1. The van der Waals surface area contributed by atoms with Crippen molar-refractivity contribution in [3.05, 3.63) is 35.4 Å². The lowest BCUT2D eigenvalue weighted by atomic mass is 10.1. The van der Waals surface area contributed by atoms with Gasteiger partial charge in [0.15, 0.2) is 0 Å². The second-order valence-corrected chi connectivity index (χ2v) is 5.68. The minimum Gasteiger partial charge on any atom is -0.480 e. The highest BCUT2D eigenvalue weighted by atomic mass is 19.1. The summed E-state index contributed by atoms with van der Waals surface area (Å²) in [5.74, 6) is -3.64. The lowest BCUT2D eigenvalue weighted by Gasteiger charge is -2.20. The van der Waals surface area contributed by atoms with Gasteiger partial charge in [-0.2, -0.15) is 0 Å². The van der Waals surface area contributed by atoms with Crippen molar-refractivity contribution in [1.29, 1.82) is 0 Å². The fourth-order valence-corrected chi connectivity index (χ4v) is 2.78. The van der Waals surface area contributed by atoms with Crippen molar-refractivity contribution in [2.45, 2.75) is 31.2 Å². The van der Waals surface area contributed by atoms with Crippen molar-refractivity contribution < 1.29 is 23.5 Å². The Kier molecular flexibility index (Phi) is 3.39. The zero-order valence-corrected chi connectivity index (χ0v) is 11.3. The van der Waals surface area contributed by atoms with Crippen LogP contribution in [0.3, 0.4) is 0 Å². The van der Waals surface area contributed by atoms with E-state index in [0.29, 0.717) is 6.42 Å². The molecule has 1 amide bonds. The monoisotopic (exact) mass is 295 g/mol. The van der Waals surface area contributed by atoms with Crippen LogP contribution in [0.15, 0.2) is 18.2 Å². The summed E-state index contributed by atoms with van der Waals surface area (Å²) in [4.78, 5) is 24.5. The van der Waals surface area contributed by atoms with Gasteiger partial charge in [0.2, 0.25) is 5.91 Å². The van der Waals surface area contributed by atoms with Crippen molar-refractivity contribution in [3.63, 3.8) is 0 Å². The molecule has 0 heterocycles. The summed E-state index contributed by atoms with van der Waals surface area (Å²) in [7, 11) is 0. The third kappa shape index (κ3) is 2.75. The number of carbonyl (C=O) groups excluding carboxylic acids is 1. The van der Waals surface area contributed by atoms with Gasteiger partial charge in [-0.15, -0.1) is 0 Å². The molecule has 0 radical (unpaired) electrons. The molecule has 1 N–H and O–H groups in total. The van der Waals surface area contributed by atoms with E-state index >= 15 is 0 Å². The molecule has 112 valence electrons. The molecule has 2 aliphatic carbocycles. The first-order valence-electron chi connectivity index (χ1n) is 6.95. The molecule has 0 aliphatic heterocycles. The zero-order valence-electron chi connectivity index (χ0n) is 11.3. The topological polar surface area (TPSA) is 57.6 Å². The van der Waals surface area contributed by atoms with Gasteiger partial charge < -0.3 is 10.0 Å². The highest BCUT2D eigenvalue weighted by molar-refractivity contribution is 5.86. The standard InChI is InChI=1S/C15H15F2NO3/c16-11-2-1-3-12(17)14(11)9-6-10(9)15(21)18(7-13(19)20)8-4-5-8/h1-3,8-10H,4-7H2,(H,19,20)/t9-,10+/m1/s1. The molecule has 0 aromatic heterocycles. The largest absolute Gasteiger partial charge is 0.480 e. The molecule has 3 rings (SSSR count). The van der Waals surface area contributed by atoms with Gasteiger partial charge >= 0.3 is 5.97 Å². The van der Waals surface area contributed by atoms with E-state index in [9.17, 15) is 18.4 Å². The molecule has 2 aliphatic rings. The van der Waals surface area contributed by atoms with E-state index < -0.39 is 29.4 Å². The SMILES string of the molecule is O=C(O)CN(C(=O)[C@H]1C[C@H]1c1c(F)cccc1F)C1CC1. The lowest BCUT2D eigenvalue weighted by Crippen LogP contribution is -2.38. The van der Waals surface area contributed by atoms with E-state index in [0.717, 1.165) is 12.8 Å². The summed E-state index contributed by atoms with van der Waals surface area (Å²) >= 11 is 0. The number of benzene rings is 1. The molecule has 4 nitrogen and oxygen atoms in total.